The molecule has 0 aliphatic rings. The van der Waals surface area contributed by atoms with Crippen molar-refractivity contribution in [2.45, 2.75) is 45.3 Å². The van der Waals surface area contributed by atoms with Crippen LogP contribution in [-0.2, 0) is 32.6 Å². The zero-order valence-electron chi connectivity index (χ0n) is 21.9. The number of nitrogens with zero attached hydrogens (tertiary/aromatic N) is 2. The summed E-state index contributed by atoms with van der Waals surface area (Å²) in [6.45, 7) is 3.05. The van der Waals surface area contributed by atoms with Crippen LogP contribution in [0.4, 0.5) is 10.1 Å². The number of nitrogens with one attached hydrogen (secondary N) is 1. The van der Waals surface area contributed by atoms with Gasteiger partial charge in [0.1, 0.15) is 18.4 Å². The normalized spacial score (nSPS) is 12.8. The number of carbonyl (C=O) groups is 2. The summed E-state index contributed by atoms with van der Waals surface area (Å²) in [5.41, 5.74) is 1.35. The van der Waals surface area contributed by atoms with Gasteiger partial charge in [-0.05, 0) is 37.1 Å². The van der Waals surface area contributed by atoms with Gasteiger partial charge in [0.05, 0.1) is 11.9 Å². The Labute approximate surface area is 224 Å². The fraction of sp³-hybridized carbons (Fsp3) is 0.310. The van der Waals surface area contributed by atoms with Gasteiger partial charge in [0.25, 0.3) is 0 Å². The molecule has 3 aromatic rings. The second-order valence-corrected chi connectivity index (χ2v) is 11.1. The quantitative estimate of drug-likeness (QED) is 0.375. The monoisotopic (exact) mass is 539 g/mol. The molecule has 0 aliphatic carbocycles. The van der Waals surface area contributed by atoms with Crippen molar-refractivity contribution in [2.75, 3.05) is 17.1 Å². The summed E-state index contributed by atoms with van der Waals surface area (Å²) in [6.07, 6.45) is 1.88. The Morgan fingerprint density at radius 2 is 1.50 bits per heavy atom. The molecule has 1 N–H and O–H groups in total. The van der Waals surface area contributed by atoms with Crippen LogP contribution in [0.2, 0.25) is 0 Å². The lowest BCUT2D eigenvalue weighted by atomic mass is 10.0. The van der Waals surface area contributed by atoms with E-state index in [1.807, 2.05) is 44.2 Å². The van der Waals surface area contributed by atoms with E-state index in [4.69, 9.17) is 0 Å². The van der Waals surface area contributed by atoms with Crippen molar-refractivity contribution >= 4 is 27.5 Å². The molecule has 38 heavy (non-hydrogen) atoms. The molecule has 0 saturated heterocycles. The Hall–Kier alpha value is -3.72. The molecule has 0 saturated carbocycles. The molecule has 0 spiro atoms. The van der Waals surface area contributed by atoms with Crippen molar-refractivity contribution < 1.29 is 22.4 Å². The lowest BCUT2D eigenvalue weighted by molar-refractivity contribution is -0.140. The van der Waals surface area contributed by atoms with Crippen molar-refractivity contribution in [3.8, 4) is 0 Å². The largest absolute Gasteiger partial charge is 0.352 e. The number of hydrogen-bond donors (Lipinski definition) is 1. The predicted molar refractivity (Wildman–Crippen MR) is 147 cm³/mol. The van der Waals surface area contributed by atoms with E-state index in [2.05, 4.69) is 5.32 Å². The number of amides is 2. The van der Waals surface area contributed by atoms with Crippen LogP contribution in [0.25, 0.3) is 0 Å². The molecular formula is C29H34FN3O4S. The third-order valence-corrected chi connectivity index (χ3v) is 7.43. The minimum absolute atomic E-state index is 0.150. The number of hydrogen-bond acceptors (Lipinski definition) is 4. The first-order valence-corrected chi connectivity index (χ1v) is 14.3. The van der Waals surface area contributed by atoms with Gasteiger partial charge in [-0.25, -0.2) is 12.8 Å². The zero-order valence-corrected chi connectivity index (χ0v) is 22.7. The number of carbonyl (C=O) groups excluding carboxylic acids is 2. The third kappa shape index (κ3) is 7.89. The Balaban J connectivity index is 2.05. The minimum Gasteiger partial charge on any atom is -0.352 e. The van der Waals surface area contributed by atoms with Gasteiger partial charge in [-0.15, -0.1) is 0 Å². The van der Waals surface area contributed by atoms with Gasteiger partial charge in [0.15, 0.2) is 0 Å². The van der Waals surface area contributed by atoms with Crippen LogP contribution < -0.4 is 9.62 Å². The lowest BCUT2D eigenvalue weighted by Crippen LogP contribution is -2.54. The van der Waals surface area contributed by atoms with E-state index in [0.29, 0.717) is 12.1 Å². The fourth-order valence-corrected chi connectivity index (χ4v) is 4.86. The third-order valence-electron chi connectivity index (χ3n) is 6.29. The summed E-state index contributed by atoms with van der Waals surface area (Å²) in [5.74, 6) is -1.53. The number of sulfonamides is 1. The van der Waals surface area contributed by atoms with E-state index in [-0.39, 0.29) is 24.6 Å². The predicted octanol–water partition coefficient (Wildman–Crippen LogP) is 4.15. The molecule has 2 atom stereocenters. The number of halogens is 1. The second kappa shape index (κ2) is 13.2. The standard InChI is InChI=1S/C29H34FN3O4S/c1-4-22(2)31-29(35)27(19-23-13-7-5-8-14-23)32(20-24-15-11-12-18-26(24)30)28(34)21-33(38(3,36)37)25-16-9-6-10-17-25/h5-18,22,27H,4,19-21H2,1-3H3,(H,31,35). The van der Waals surface area contributed by atoms with Gasteiger partial charge in [0, 0.05) is 24.6 Å². The van der Waals surface area contributed by atoms with E-state index in [9.17, 15) is 22.4 Å². The summed E-state index contributed by atoms with van der Waals surface area (Å²) in [5, 5.41) is 2.94. The first kappa shape index (κ1) is 28.8. The molecule has 0 aromatic heterocycles. The van der Waals surface area contributed by atoms with E-state index in [1.165, 1.54) is 11.0 Å². The average Bonchev–Trinajstić information content (AvgIpc) is 2.90. The summed E-state index contributed by atoms with van der Waals surface area (Å²) in [6, 6.07) is 22.4. The first-order chi connectivity index (χ1) is 18.1. The summed E-state index contributed by atoms with van der Waals surface area (Å²) >= 11 is 0. The lowest BCUT2D eigenvalue weighted by Gasteiger charge is -2.34. The van der Waals surface area contributed by atoms with Crippen molar-refractivity contribution in [2.24, 2.45) is 0 Å². The first-order valence-electron chi connectivity index (χ1n) is 12.5. The van der Waals surface area contributed by atoms with Crippen LogP contribution in [0.15, 0.2) is 84.9 Å². The molecule has 2 unspecified atom stereocenters. The van der Waals surface area contributed by atoms with Gasteiger partial charge >= 0.3 is 0 Å². The van der Waals surface area contributed by atoms with Gasteiger partial charge in [-0.2, -0.15) is 0 Å². The van der Waals surface area contributed by atoms with Crippen LogP contribution in [-0.4, -0.2) is 50.0 Å². The number of rotatable bonds is 12. The highest BCUT2D eigenvalue weighted by Crippen LogP contribution is 2.21. The van der Waals surface area contributed by atoms with Crippen molar-refractivity contribution in [1.29, 1.82) is 0 Å². The molecule has 0 radical (unpaired) electrons. The molecule has 3 rings (SSSR count). The maximum absolute atomic E-state index is 14.7. The maximum Gasteiger partial charge on any atom is 0.244 e. The van der Waals surface area contributed by atoms with E-state index in [0.717, 1.165) is 16.1 Å². The highest BCUT2D eigenvalue weighted by Gasteiger charge is 2.33. The molecule has 0 heterocycles. The van der Waals surface area contributed by atoms with Crippen LogP contribution in [0.5, 0.6) is 0 Å². The highest BCUT2D eigenvalue weighted by atomic mass is 32.2. The number of anilines is 1. The SMILES string of the molecule is CCC(C)NC(=O)C(Cc1ccccc1)N(Cc1ccccc1F)C(=O)CN(c1ccccc1)S(C)(=O)=O. The molecular weight excluding hydrogens is 505 g/mol. The molecule has 202 valence electrons. The van der Waals surface area contributed by atoms with Crippen molar-refractivity contribution in [3.05, 3.63) is 102 Å². The van der Waals surface area contributed by atoms with Crippen molar-refractivity contribution in [1.82, 2.24) is 10.2 Å². The minimum atomic E-state index is -3.84. The average molecular weight is 540 g/mol. The summed E-state index contributed by atoms with van der Waals surface area (Å²) in [7, 11) is -3.84. The van der Waals surface area contributed by atoms with Gasteiger partial charge in [-0.3, -0.25) is 13.9 Å². The van der Waals surface area contributed by atoms with Gasteiger partial charge in [0.2, 0.25) is 21.8 Å². The van der Waals surface area contributed by atoms with Crippen molar-refractivity contribution in [3.63, 3.8) is 0 Å². The number of para-hydroxylation sites is 1. The molecule has 7 nitrogen and oxygen atoms in total. The topological polar surface area (TPSA) is 86.8 Å². The second-order valence-electron chi connectivity index (χ2n) is 9.24. The summed E-state index contributed by atoms with van der Waals surface area (Å²) < 4.78 is 41.1. The Morgan fingerprint density at radius 3 is 2.08 bits per heavy atom. The molecule has 0 fully saturated rings. The molecule has 0 bridgehead atoms. The maximum atomic E-state index is 14.7. The molecule has 2 amide bonds. The highest BCUT2D eigenvalue weighted by molar-refractivity contribution is 7.92. The van der Waals surface area contributed by atoms with Crippen LogP contribution in [0, 0.1) is 5.82 Å². The molecule has 9 heteroatoms. The number of benzene rings is 3. The molecule has 3 aromatic carbocycles. The van der Waals surface area contributed by atoms with Crippen LogP contribution in [0.1, 0.15) is 31.4 Å². The Kier molecular flexibility index (Phi) is 10.0. The summed E-state index contributed by atoms with van der Waals surface area (Å²) in [4.78, 5) is 28.7. The zero-order chi connectivity index (χ0) is 27.7. The Bertz CT molecular complexity index is 1320. The Morgan fingerprint density at radius 1 is 0.921 bits per heavy atom. The van der Waals surface area contributed by atoms with Crippen LogP contribution >= 0.6 is 0 Å². The van der Waals surface area contributed by atoms with E-state index >= 15 is 0 Å². The van der Waals surface area contributed by atoms with Crippen LogP contribution in [0.3, 0.4) is 0 Å². The van der Waals surface area contributed by atoms with Gasteiger partial charge in [-0.1, -0.05) is 73.7 Å². The van der Waals surface area contributed by atoms with E-state index < -0.39 is 40.2 Å². The smallest absolute Gasteiger partial charge is 0.244 e. The molecule has 0 aliphatic heterocycles. The van der Waals surface area contributed by atoms with E-state index in [1.54, 1.807) is 48.5 Å². The van der Waals surface area contributed by atoms with Gasteiger partial charge < -0.3 is 10.2 Å². The fourth-order valence-electron chi connectivity index (χ4n) is 4.01.